The molecule has 0 saturated heterocycles. The Bertz CT molecular complexity index is 347. The SMILES string of the molecule is CCC(C)S(=O)(=O)[N]S(=O)(=O)C(C)CC. The van der Waals surface area contributed by atoms with Crippen LogP contribution in [0.25, 0.3) is 0 Å². The van der Waals surface area contributed by atoms with Crippen LogP contribution >= 0.6 is 0 Å². The predicted molar refractivity (Wildman–Crippen MR) is 59.5 cm³/mol. The fourth-order valence-electron chi connectivity index (χ4n) is 0.713. The lowest BCUT2D eigenvalue weighted by Crippen LogP contribution is -2.35. The van der Waals surface area contributed by atoms with E-state index in [2.05, 4.69) is 4.13 Å². The molecule has 0 aromatic heterocycles. The maximum Gasteiger partial charge on any atom is 0.245 e. The van der Waals surface area contributed by atoms with Crippen LogP contribution in [0.15, 0.2) is 0 Å². The fourth-order valence-corrected chi connectivity index (χ4v) is 3.89. The van der Waals surface area contributed by atoms with E-state index in [0.29, 0.717) is 12.8 Å². The van der Waals surface area contributed by atoms with E-state index in [4.69, 9.17) is 0 Å². The third kappa shape index (κ3) is 4.08. The Morgan fingerprint density at radius 2 is 1.13 bits per heavy atom. The summed E-state index contributed by atoms with van der Waals surface area (Å²) in [6.07, 6.45) is 0.698. The molecule has 0 aliphatic rings. The van der Waals surface area contributed by atoms with Crippen LogP contribution in [0, 0.1) is 0 Å². The zero-order valence-electron chi connectivity index (χ0n) is 9.47. The van der Waals surface area contributed by atoms with Crippen LogP contribution in [0.3, 0.4) is 0 Å². The quantitative estimate of drug-likeness (QED) is 0.705. The zero-order chi connectivity index (χ0) is 12.3. The molecule has 0 N–H and O–H groups in total. The van der Waals surface area contributed by atoms with Crippen LogP contribution in [0.2, 0.25) is 0 Å². The third-order valence-corrected chi connectivity index (χ3v) is 6.74. The van der Waals surface area contributed by atoms with E-state index in [-0.39, 0.29) is 0 Å². The van der Waals surface area contributed by atoms with Gasteiger partial charge >= 0.3 is 0 Å². The molecular formula is C8H18NO4S2. The van der Waals surface area contributed by atoms with Gasteiger partial charge in [0.15, 0.2) is 0 Å². The molecule has 15 heavy (non-hydrogen) atoms. The number of hydrogen-bond donors (Lipinski definition) is 0. The summed E-state index contributed by atoms with van der Waals surface area (Å²) in [4.78, 5) is 0. The minimum absolute atomic E-state index is 0.349. The number of nitrogens with zero attached hydrogens (tertiary/aromatic N) is 1. The predicted octanol–water partition coefficient (Wildman–Crippen LogP) is 0.847. The van der Waals surface area contributed by atoms with Gasteiger partial charge in [-0.15, -0.1) is 0 Å². The molecular weight excluding hydrogens is 238 g/mol. The summed E-state index contributed by atoms with van der Waals surface area (Å²) in [6, 6.07) is 0. The fraction of sp³-hybridized carbons (Fsp3) is 1.00. The Kier molecular flexibility index (Phi) is 5.22. The second kappa shape index (κ2) is 5.27. The normalized spacial score (nSPS) is 17.3. The van der Waals surface area contributed by atoms with E-state index in [9.17, 15) is 16.8 Å². The van der Waals surface area contributed by atoms with Crippen molar-refractivity contribution in [1.29, 1.82) is 0 Å². The minimum Gasteiger partial charge on any atom is -0.210 e. The average molecular weight is 256 g/mol. The Morgan fingerprint density at radius 1 is 0.867 bits per heavy atom. The van der Waals surface area contributed by atoms with Crippen LogP contribution in [-0.4, -0.2) is 27.3 Å². The smallest absolute Gasteiger partial charge is 0.210 e. The van der Waals surface area contributed by atoms with E-state index in [0.717, 1.165) is 0 Å². The van der Waals surface area contributed by atoms with Crippen molar-refractivity contribution in [2.45, 2.75) is 51.0 Å². The van der Waals surface area contributed by atoms with Gasteiger partial charge in [0, 0.05) is 4.13 Å². The van der Waals surface area contributed by atoms with E-state index < -0.39 is 30.5 Å². The Labute approximate surface area is 92.4 Å². The molecule has 2 atom stereocenters. The first-order valence-electron chi connectivity index (χ1n) is 4.89. The summed E-state index contributed by atoms with van der Waals surface area (Å²) >= 11 is 0. The first-order chi connectivity index (χ1) is 6.67. The maximum atomic E-state index is 11.5. The van der Waals surface area contributed by atoms with E-state index in [1.54, 1.807) is 13.8 Å². The van der Waals surface area contributed by atoms with Crippen LogP contribution in [0.5, 0.6) is 0 Å². The monoisotopic (exact) mass is 256 g/mol. The van der Waals surface area contributed by atoms with Gasteiger partial charge in [0.25, 0.3) is 0 Å². The highest BCUT2D eigenvalue weighted by molar-refractivity contribution is 8.05. The maximum absolute atomic E-state index is 11.5. The van der Waals surface area contributed by atoms with Crippen LogP contribution in [0.4, 0.5) is 0 Å². The highest BCUT2D eigenvalue weighted by Crippen LogP contribution is 2.11. The van der Waals surface area contributed by atoms with Crippen molar-refractivity contribution in [3.63, 3.8) is 0 Å². The van der Waals surface area contributed by atoms with Crippen LogP contribution < -0.4 is 4.13 Å². The van der Waals surface area contributed by atoms with Crippen molar-refractivity contribution in [1.82, 2.24) is 4.13 Å². The molecule has 0 aromatic carbocycles. The Balaban J connectivity index is 4.90. The van der Waals surface area contributed by atoms with Crippen molar-refractivity contribution >= 4 is 20.0 Å². The average Bonchev–Trinajstić information content (AvgIpc) is 2.13. The molecule has 2 unspecified atom stereocenters. The topological polar surface area (TPSA) is 82.4 Å². The van der Waals surface area contributed by atoms with Crippen LogP contribution in [-0.2, 0) is 20.0 Å². The minimum atomic E-state index is -3.89. The van der Waals surface area contributed by atoms with Crippen molar-refractivity contribution in [2.24, 2.45) is 0 Å². The molecule has 0 amide bonds. The van der Waals surface area contributed by atoms with Crippen molar-refractivity contribution in [3.05, 3.63) is 0 Å². The zero-order valence-corrected chi connectivity index (χ0v) is 11.1. The molecule has 0 rings (SSSR count). The summed E-state index contributed by atoms with van der Waals surface area (Å²) in [5.41, 5.74) is 0. The van der Waals surface area contributed by atoms with Gasteiger partial charge in [0.2, 0.25) is 20.0 Å². The van der Waals surface area contributed by atoms with Gasteiger partial charge < -0.3 is 0 Å². The van der Waals surface area contributed by atoms with Gasteiger partial charge in [-0.2, -0.15) is 0 Å². The molecule has 0 spiro atoms. The summed E-state index contributed by atoms with van der Waals surface area (Å²) in [7, 11) is -7.77. The molecule has 0 aliphatic heterocycles. The molecule has 0 bridgehead atoms. The van der Waals surface area contributed by atoms with Gasteiger partial charge in [0.05, 0.1) is 10.5 Å². The molecule has 0 heterocycles. The summed E-state index contributed by atoms with van der Waals surface area (Å²) < 4.78 is 48.8. The Hall–Kier alpha value is -0.140. The molecule has 7 heteroatoms. The van der Waals surface area contributed by atoms with E-state index in [1.807, 2.05) is 0 Å². The molecule has 0 saturated carbocycles. The van der Waals surface area contributed by atoms with Gasteiger partial charge in [-0.3, -0.25) is 0 Å². The molecule has 0 aliphatic carbocycles. The Morgan fingerprint density at radius 3 is 1.33 bits per heavy atom. The lowest BCUT2D eigenvalue weighted by Gasteiger charge is -2.13. The van der Waals surface area contributed by atoms with E-state index in [1.165, 1.54) is 13.8 Å². The van der Waals surface area contributed by atoms with Crippen LogP contribution in [0.1, 0.15) is 40.5 Å². The second-order valence-corrected chi connectivity index (χ2v) is 7.81. The van der Waals surface area contributed by atoms with Crippen molar-refractivity contribution in [2.75, 3.05) is 0 Å². The summed E-state index contributed by atoms with van der Waals surface area (Å²) in [5.74, 6) is 0. The molecule has 0 aromatic rings. The molecule has 1 radical (unpaired) electrons. The van der Waals surface area contributed by atoms with Gasteiger partial charge in [0.1, 0.15) is 0 Å². The summed E-state index contributed by atoms with van der Waals surface area (Å²) in [5, 5.41) is -1.51. The molecule has 5 nitrogen and oxygen atoms in total. The first kappa shape index (κ1) is 14.9. The second-order valence-electron chi connectivity index (χ2n) is 3.54. The highest BCUT2D eigenvalue weighted by atomic mass is 32.3. The number of hydrogen-bond acceptors (Lipinski definition) is 4. The standard InChI is InChI=1S/C8H18NO4S2/c1-5-7(3)14(10,11)9-15(12,13)8(4)6-2/h7-8H,5-6H2,1-4H3. The van der Waals surface area contributed by atoms with Crippen molar-refractivity contribution in [3.8, 4) is 0 Å². The lowest BCUT2D eigenvalue weighted by atomic mass is 10.4. The van der Waals surface area contributed by atoms with Gasteiger partial charge in [-0.05, 0) is 26.7 Å². The highest BCUT2D eigenvalue weighted by Gasteiger charge is 2.31. The summed E-state index contributed by atoms with van der Waals surface area (Å²) in [6.45, 7) is 6.25. The third-order valence-electron chi connectivity index (χ3n) is 2.37. The largest absolute Gasteiger partial charge is 0.245 e. The van der Waals surface area contributed by atoms with E-state index >= 15 is 0 Å². The molecule has 0 fully saturated rings. The van der Waals surface area contributed by atoms with Gasteiger partial charge in [-0.1, -0.05) is 13.8 Å². The first-order valence-corrected chi connectivity index (χ1v) is 7.90. The number of sulfonamides is 2. The van der Waals surface area contributed by atoms with Crippen molar-refractivity contribution < 1.29 is 16.8 Å². The van der Waals surface area contributed by atoms with Gasteiger partial charge in [-0.25, -0.2) is 16.8 Å². The molecule has 91 valence electrons. The lowest BCUT2D eigenvalue weighted by molar-refractivity contribution is 0.558. The number of rotatable bonds is 6.